The van der Waals surface area contributed by atoms with Crippen molar-refractivity contribution in [2.45, 2.75) is 38.6 Å². The van der Waals surface area contributed by atoms with Gasteiger partial charge in [-0.05, 0) is 38.5 Å². The summed E-state index contributed by atoms with van der Waals surface area (Å²) in [6.07, 6.45) is 2.02. The smallest absolute Gasteiger partial charge is 0.409 e. The Morgan fingerprint density at radius 3 is 2.61 bits per heavy atom. The summed E-state index contributed by atoms with van der Waals surface area (Å²) >= 11 is 1.77. The number of rotatable bonds is 3. The number of aryl methyl sites for hydroxylation is 1. The Kier molecular flexibility index (Phi) is 4.05. The number of nitrogens with zero attached hydrogens (tertiary/aromatic N) is 3. The van der Waals surface area contributed by atoms with Crippen molar-refractivity contribution in [3.05, 3.63) is 16.1 Å². The van der Waals surface area contributed by atoms with Gasteiger partial charge in [0.15, 0.2) is 0 Å². The van der Waals surface area contributed by atoms with Gasteiger partial charge in [-0.2, -0.15) is 0 Å². The van der Waals surface area contributed by atoms with E-state index in [1.165, 1.54) is 23.8 Å². The van der Waals surface area contributed by atoms with Crippen molar-refractivity contribution < 1.29 is 9.53 Å². The fourth-order valence-corrected chi connectivity index (χ4v) is 5.12. The molecule has 1 aromatic rings. The van der Waals surface area contributed by atoms with Gasteiger partial charge in [0, 0.05) is 43.5 Å². The lowest BCUT2D eigenvalue weighted by atomic mass is 10.0. The van der Waals surface area contributed by atoms with Gasteiger partial charge in [-0.15, -0.1) is 11.3 Å². The predicted molar refractivity (Wildman–Crippen MR) is 89.8 cm³/mol. The molecule has 6 heteroatoms. The molecule has 23 heavy (non-hydrogen) atoms. The van der Waals surface area contributed by atoms with Crippen LogP contribution in [0.1, 0.15) is 36.4 Å². The zero-order valence-corrected chi connectivity index (χ0v) is 14.7. The molecule has 2 unspecified atom stereocenters. The number of piperidine rings is 2. The lowest BCUT2D eigenvalue weighted by Gasteiger charge is -2.37. The van der Waals surface area contributed by atoms with E-state index in [4.69, 9.17) is 4.74 Å². The topological polar surface area (TPSA) is 45.7 Å². The third-order valence-electron chi connectivity index (χ3n) is 5.71. The second-order valence-corrected chi connectivity index (χ2v) is 8.08. The third kappa shape index (κ3) is 2.87. The van der Waals surface area contributed by atoms with Crippen molar-refractivity contribution in [3.8, 4) is 0 Å². The molecule has 3 atom stereocenters. The SMILES string of the molecule is CCOC(=O)N1CCC(N2CC3C(c4csc(C)n4)[C@H]3C2)CC1. The van der Waals surface area contributed by atoms with E-state index in [9.17, 15) is 4.79 Å². The van der Waals surface area contributed by atoms with Crippen LogP contribution in [0.2, 0.25) is 0 Å². The van der Waals surface area contributed by atoms with Crippen LogP contribution in [0.15, 0.2) is 5.38 Å². The first-order valence-corrected chi connectivity index (χ1v) is 9.63. The lowest BCUT2D eigenvalue weighted by Crippen LogP contribution is -2.46. The molecule has 0 bridgehead atoms. The summed E-state index contributed by atoms with van der Waals surface area (Å²) in [6.45, 7) is 8.53. The van der Waals surface area contributed by atoms with Crippen LogP contribution in [-0.4, -0.2) is 59.7 Å². The van der Waals surface area contributed by atoms with Crippen LogP contribution >= 0.6 is 11.3 Å². The number of carbonyl (C=O) groups excluding carboxylic acids is 1. The molecule has 1 saturated carbocycles. The van der Waals surface area contributed by atoms with E-state index < -0.39 is 0 Å². The summed E-state index contributed by atoms with van der Waals surface area (Å²) in [5, 5.41) is 3.44. The molecule has 4 rings (SSSR count). The molecule has 0 N–H and O–H groups in total. The first-order valence-electron chi connectivity index (χ1n) is 8.75. The van der Waals surface area contributed by atoms with Gasteiger partial charge >= 0.3 is 6.09 Å². The van der Waals surface area contributed by atoms with E-state index in [1.54, 1.807) is 11.3 Å². The van der Waals surface area contributed by atoms with Gasteiger partial charge in [-0.3, -0.25) is 4.90 Å². The second-order valence-electron chi connectivity index (χ2n) is 7.02. The highest BCUT2D eigenvalue weighted by Crippen LogP contribution is 2.58. The molecule has 3 aliphatic rings. The van der Waals surface area contributed by atoms with Gasteiger partial charge in [-0.1, -0.05) is 0 Å². The maximum atomic E-state index is 11.8. The predicted octanol–water partition coefficient (Wildman–Crippen LogP) is 2.72. The van der Waals surface area contributed by atoms with Crippen LogP contribution in [0.5, 0.6) is 0 Å². The molecule has 2 saturated heterocycles. The average Bonchev–Trinajstić information content (AvgIpc) is 2.91. The van der Waals surface area contributed by atoms with Crippen LogP contribution in [0.4, 0.5) is 4.79 Å². The molecular formula is C17H25N3O2S. The highest BCUT2D eigenvalue weighted by atomic mass is 32.1. The quantitative estimate of drug-likeness (QED) is 0.852. The number of aromatic nitrogens is 1. The van der Waals surface area contributed by atoms with Crippen molar-refractivity contribution in [3.63, 3.8) is 0 Å². The monoisotopic (exact) mass is 335 g/mol. The van der Waals surface area contributed by atoms with Crippen LogP contribution in [-0.2, 0) is 4.74 Å². The molecular weight excluding hydrogens is 310 g/mol. The van der Waals surface area contributed by atoms with Gasteiger partial charge < -0.3 is 9.64 Å². The number of fused-ring (bicyclic) bond motifs is 1. The number of amides is 1. The highest BCUT2D eigenvalue weighted by Gasteiger charge is 2.58. The fraction of sp³-hybridized carbons (Fsp3) is 0.765. The third-order valence-corrected chi connectivity index (χ3v) is 6.50. The van der Waals surface area contributed by atoms with Crippen LogP contribution in [0.25, 0.3) is 0 Å². The molecule has 5 nitrogen and oxygen atoms in total. The molecule has 126 valence electrons. The largest absolute Gasteiger partial charge is 0.450 e. The van der Waals surface area contributed by atoms with Crippen molar-refractivity contribution in [1.82, 2.24) is 14.8 Å². The maximum Gasteiger partial charge on any atom is 0.409 e. The van der Waals surface area contributed by atoms with Gasteiger partial charge in [0.05, 0.1) is 17.3 Å². The molecule has 2 aliphatic heterocycles. The minimum atomic E-state index is -0.144. The molecule has 0 aromatic carbocycles. The number of likely N-dealkylation sites (tertiary alicyclic amines) is 2. The van der Waals surface area contributed by atoms with E-state index in [0.29, 0.717) is 12.6 Å². The van der Waals surface area contributed by atoms with E-state index in [0.717, 1.165) is 43.7 Å². The van der Waals surface area contributed by atoms with Crippen molar-refractivity contribution >= 4 is 17.4 Å². The van der Waals surface area contributed by atoms with Crippen molar-refractivity contribution in [2.75, 3.05) is 32.8 Å². The van der Waals surface area contributed by atoms with Crippen LogP contribution in [0, 0.1) is 18.8 Å². The summed E-state index contributed by atoms with van der Waals surface area (Å²) in [5.74, 6) is 2.36. The molecule has 3 fully saturated rings. The summed E-state index contributed by atoms with van der Waals surface area (Å²) < 4.78 is 5.10. The minimum absolute atomic E-state index is 0.144. The Balaban J connectivity index is 1.26. The van der Waals surface area contributed by atoms with E-state index in [1.807, 2.05) is 11.8 Å². The number of carbonyl (C=O) groups is 1. The Morgan fingerprint density at radius 1 is 1.35 bits per heavy atom. The summed E-state index contributed by atoms with van der Waals surface area (Å²) in [5.41, 5.74) is 1.33. The standard InChI is InChI=1S/C17H25N3O2S/c1-3-22-17(21)19-6-4-12(5-7-19)20-8-13-14(9-20)16(13)15-10-23-11(2)18-15/h10,12-14,16H,3-9H2,1-2H3/t13-,14?,16?/m0/s1. The number of hydrogen-bond donors (Lipinski definition) is 0. The van der Waals surface area contributed by atoms with E-state index in [-0.39, 0.29) is 6.09 Å². The number of thiazole rings is 1. The first-order chi connectivity index (χ1) is 11.2. The van der Waals surface area contributed by atoms with Gasteiger partial charge in [0.2, 0.25) is 0 Å². The molecule has 1 aliphatic carbocycles. The minimum Gasteiger partial charge on any atom is -0.450 e. The second kappa shape index (κ2) is 6.06. The fourth-order valence-electron chi connectivity index (χ4n) is 4.46. The normalized spacial score (nSPS) is 31.2. The summed E-state index contributed by atoms with van der Waals surface area (Å²) in [7, 11) is 0. The van der Waals surface area contributed by atoms with Gasteiger partial charge in [-0.25, -0.2) is 9.78 Å². The number of hydrogen-bond acceptors (Lipinski definition) is 5. The van der Waals surface area contributed by atoms with Crippen LogP contribution in [0.3, 0.4) is 0 Å². The Morgan fingerprint density at radius 2 is 2.04 bits per heavy atom. The lowest BCUT2D eigenvalue weighted by molar-refractivity contribution is 0.0774. The Bertz CT molecular complexity index is 570. The van der Waals surface area contributed by atoms with Gasteiger partial charge in [0.25, 0.3) is 0 Å². The van der Waals surface area contributed by atoms with Gasteiger partial charge in [0.1, 0.15) is 0 Å². The average molecular weight is 335 g/mol. The van der Waals surface area contributed by atoms with E-state index in [2.05, 4.69) is 22.2 Å². The summed E-state index contributed by atoms with van der Waals surface area (Å²) in [6, 6.07) is 0.645. The Hall–Kier alpha value is -1.14. The zero-order valence-electron chi connectivity index (χ0n) is 13.9. The maximum absolute atomic E-state index is 11.8. The molecule has 3 heterocycles. The van der Waals surface area contributed by atoms with Crippen LogP contribution < -0.4 is 0 Å². The molecule has 1 aromatic heterocycles. The van der Waals surface area contributed by atoms with E-state index >= 15 is 0 Å². The van der Waals surface area contributed by atoms with Crippen molar-refractivity contribution in [1.29, 1.82) is 0 Å². The molecule has 1 amide bonds. The Labute approximate surface area is 141 Å². The molecule has 0 radical (unpaired) electrons. The van der Waals surface area contributed by atoms with Crippen molar-refractivity contribution in [2.24, 2.45) is 11.8 Å². The highest BCUT2D eigenvalue weighted by molar-refractivity contribution is 7.09. The first kappa shape index (κ1) is 15.4. The number of ether oxygens (including phenoxy) is 1. The summed E-state index contributed by atoms with van der Waals surface area (Å²) in [4.78, 5) is 21.0. The molecule has 0 spiro atoms. The zero-order chi connectivity index (χ0) is 16.0.